The van der Waals surface area contributed by atoms with Gasteiger partial charge in [-0.3, -0.25) is 0 Å². The fourth-order valence-corrected chi connectivity index (χ4v) is 1.98. The van der Waals surface area contributed by atoms with E-state index in [1.54, 1.807) is 0 Å². The molecule has 0 aliphatic heterocycles. The van der Waals surface area contributed by atoms with Crippen molar-refractivity contribution in [2.24, 2.45) is 0 Å². The normalized spacial score (nSPS) is 16.2. The molecule has 0 bridgehead atoms. The fraction of sp³-hybridized carbons (Fsp3) is 0.600. The van der Waals surface area contributed by atoms with E-state index < -0.39 is 0 Å². The Hall–Kier alpha value is -1.26. The summed E-state index contributed by atoms with van der Waals surface area (Å²) in [5.41, 5.74) is 1.13. The van der Waals surface area contributed by atoms with Crippen LogP contribution in [-0.4, -0.2) is 44.5 Å². The number of nitrogens with one attached hydrogen (secondary N) is 1. The number of aliphatic hydroxyl groups excluding tert-OH is 1. The monoisotopic (exact) mass is 264 g/mol. The molecule has 106 valence electrons. The van der Waals surface area contributed by atoms with E-state index in [0.29, 0.717) is 12.6 Å². The Bertz CT molecular complexity index is 391. The standard InChI is InChI=1S/C15H24N2O2/c1-17(2)14-4-3-5-15(10-14)19-9-8-13(11-18)16-12-6-7-12/h3-5,10,12-13,16,18H,6-9,11H2,1-2H3. The molecule has 0 spiro atoms. The molecule has 19 heavy (non-hydrogen) atoms. The maximum Gasteiger partial charge on any atom is 0.121 e. The summed E-state index contributed by atoms with van der Waals surface area (Å²) in [4.78, 5) is 2.05. The van der Waals surface area contributed by atoms with Crippen molar-refractivity contribution >= 4 is 5.69 Å². The van der Waals surface area contributed by atoms with E-state index in [-0.39, 0.29) is 12.6 Å². The van der Waals surface area contributed by atoms with Crippen LogP contribution in [0.1, 0.15) is 19.3 Å². The second-order valence-electron chi connectivity index (χ2n) is 5.35. The van der Waals surface area contributed by atoms with Gasteiger partial charge in [-0.1, -0.05) is 6.07 Å². The quantitative estimate of drug-likeness (QED) is 0.749. The van der Waals surface area contributed by atoms with Crippen LogP contribution in [0.25, 0.3) is 0 Å². The largest absolute Gasteiger partial charge is 0.493 e. The molecule has 1 aromatic carbocycles. The SMILES string of the molecule is CN(C)c1cccc(OCCC(CO)NC2CC2)c1. The Morgan fingerprint density at radius 1 is 1.42 bits per heavy atom. The van der Waals surface area contributed by atoms with Crippen molar-refractivity contribution in [3.63, 3.8) is 0 Å². The van der Waals surface area contributed by atoms with Crippen LogP contribution in [-0.2, 0) is 0 Å². The van der Waals surface area contributed by atoms with Gasteiger partial charge < -0.3 is 20.1 Å². The average Bonchev–Trinajstić information content (AvgIpc) is 3.22. The summed E-state index contributed by atoms with van der Waals surface area (Å²) in [5.74, 6) is 0.884. The van der Waals surface area contributed by atoms with Gasteiger partial charge in [0.05, 0.1) is 13.2 Å². The summed E-state index contributed by atoms with van der Waals surface area (Å²) in [6, 6.07) is 8.82. The van der Waals surface area contributed by atoms with Gasteiger partial charge in [0.25, 0.3) is 0 Å². The maximum absolute atomic E-state index is 9.29. The number of ether oxygens (including phenoxy) is 1. The zero-order chi connectivity index (χ0) is 13.7. The van der Waals surface area contributed by atoms with Crippen LogP contribution in [0.3, 0.4) is 0 Å². The van der Waals surface area contributed by atoms with Gasteiger partial charge in [-0.15, -0.1) is 0 Å². The second-order valence-corrected chi connectivity index (χ2v) is 5.35. The molecule has 1 atom stereocenters. The van der Waals surface area contributed by atoms with Crippen LogP contribution >= 0.6 is 0 Å². The van der Waals surface area contributed by atoms with E-state index in [1.807, 2.05) is 32.3 Å². The topological polar surface area (TPSA) is 44.7 Å². The molecule has 0 aromatic heterocycles. The van der Waals surface area contributed by atoms with Crippen molar-refractivity contribution in [1.29, 1.82) is 0 Å². The molecule has 1 aliphatic rings. The number of aliphatic hydroxyl groups is 1. The summed E-state index contributed by atoms with van der Waals surface area (Å²) in [6.45, 7) is 0.805. The highest BCUT2D eigenvalue weighted by molar-refractivity contribution is 5.49. The number of hydrogen-bond donors (Lipinski definition) is 2. The lowest BCUT2D eigenvalue weighted by Gasteiger charge is -2.17. The minimum absolute atomic E-state index is 0.157. The molecule has 0 heterocycles. The molecule has 0 radical (unpaired) electrons. The molecule has 1 aliphatic carbocycles. The van der Waals surface area contributed by atoms with Crippen molar-refractivity contribution in [2.75, 3.05) is 32.2 Å². The molecule has 0 saturated heterocycles. The number of rotatable bonds is 8. The van der Waals surface area contributed by atoms with E-state index in [4.69, 9.17) is 4.74 Å². The number of hydrogen-bond acceptors (Lipinski definition) is 4. The van der Waals surface area contributed by atoms with E-state index in [2.05, 4.69) is 16.3 Å². The molecule has 1 aromatic rings. The Labute approximate surface area is 115 Å². The van der Waals surface area contributed by atoms with Crippen LogP contribution < -0.4 is 15.0 Å². The predicted octanol–water partition coefficient (Wildman–Crippen LogP) is 1.63. The average molecular weight is 264 g/mol. The first-order valence-corrected chi connectivity index (χ1v) is 6.96. The molecular weight excluding hydrogens is 240 g/mol. The van der Waals surface area contributed by atoms with Gasteiger partial charge in [-0.2, -0.15) is 0 Å². The summed E-state index contributed by atoms with van der Waals surface area (Å²) < 4.78 is 5.75. The maximum atomic E-state index is 9.29. The lowest BCUT2D eigenvalue weighted by Crippen LogP contribution is -2.35. The van der Waals surface area contributed by atoms with Crippen LogP contribution in [0.5, 0.6) is 5.75 Å². The number of nitrogens with zero attached hydrogens (tertiary/aromatic N) is 1. The lowest BCUT2D eigenvalue weighted by molar-refractivity contribution is 0.207. The molecule has 4 nitrogen and oxygen atoms in total. The van der Waals surface area contributed by atoms with E-state index >= 15 is 0 Å². The van der Waals surface area contributed by atoms with Gasteiger partial charge in [-0.05, 0) is 31.4 Å². The van der Waals surface area contributed by atoms with Crippen molar-refractivity contribution < 1.29 is 9.84 Å². The molecule has 1 unspecified atom stereocenters. The fourth-order valence-electron chi connectivity index (χ4n) is 1.98. The first-order valence-electron chi connectivity index (χ1n) is 6.96. The van der Waals surface area contributed by atoms with E-state index in [1.165, 1.54) is 12.8 Å². The third-order valence-corrected chi connectivity index (χ3v) is 3.34. The minimum atomic E-state index is 0.157. The highest BCUT2D eigenvalue weighted by Crippen LogP contribution is 2.21. The highest BCUT2D eigenvalue weighted by atomic mass is 16.5. The molecule has 2 N–H and O–H groups in total. The van der Waals surface area contributed by atoms with Crippen molar-refractivity contribution in [3.8, 4) is 5.75 Å². The third kappa shape index (κ3) is 4.73. The molecule has 2 rings (SSSR count). The molecular formula is C15H24N2O2. The van der Waals surface area contributed by atoms with E-state index in [9.17, 15) is 5.11 Å². The van der Waals surface area contributed by atoms with Crippen molar-refractivity contribution in [3.05, 3.63) is 24.3 Å². The molecule has 1 fully saturated rings. The summed E-state index contributed by atoms with van der Waals surface area (Å²) in [5, 5.41) is 12.7. The Balaban J connectivity index is 1.76. The predicted molar refractivity (Wildman–Crippen MR) is 77.9 cm³/mol. The second kappa shape index (κ2) is 6.78. The molecule has 0 amide bonds. The summed E-state index contributed by atoms with van der Waals surface area (Å²) in [6.07, 6.45) is 3.31. The third-order valence-electron chi connectivity index (χ3n) is 3.34. The first kappa shape index (κ1) is 14.2. The zero-order valence-corrected chi connectivity index (χ0v) is 11.8. The Morgan fingerprint density at radius 2 is 2.21 bits per heavy atom. The van der Waals surface area contributed by atoms with Gasteiger partial charge in [0, 0.05) is 37.9 Å². The van der Waals surface area contributed by atoms with E-state index in [0.717, 1.165) is 17.9 Å². The van der Waals surface area contributed by atoms with Crippen LogP contribution in [0.4, 0.5) is 5.69 Å². The van der Waals surface area contributed by atoms with Gasteiger partial charge >= 0.3 is 0 Å². The Kier molecular flexibility index (Phi) is 5.05. The molecule has 4 heteroatoms. The van der Waals surface area contributed by atoms with Crippen molar-refractivity contribution in [2.45, 2.75) is 31.3 Å². The minimum Gasteiger partial charge on any atom is -0.493 e. The van der Waals surface area contributed by atoms with Gasteiger partial charge in [0.15, 0.2) is 0 Å². The van der Waals surface area contributed by atoms with Gasteiger partial charge in [-0.25, -0.2) is 0 Å². The van der Waals surface area contributed by atoms with Gasteiger partial charge in [0.1, 0.15) is 5.75 Å². The van der Waals surface area contributed by atoms with Crippen molar-refractivity contribution in [1.82, 2.24) is 5.32 Å². The lowest BCUT2D eigenvalue weighted by atomic mass is 10.2. The Morgan fingerprint density at radius 3 is 2.84 bits per heavy atom. The number of benzene rings is 1. The molecule has 1 saturated carbocycles. The summed E-state index contributed by atoms with van der Waals surface area (Å²) >= 11 is 0. The highest BCUT2D eigenvalue weighted by Gasteiger charge is 2.23. The van der Waals surface area contributed by atoms with Crippen LogP contribution in [0.2, 0.25) is 0 Å². The van der Waals surface area contributed by atoms with Crippen LogP contribution in [0.15, 0.2) is 24.3 Å². The smallest absolute Gasteiger partial charge is 0.121 e. The summed E-state index contributed by atoms with van der Waals surface area (Å²) in [7, 11) is 4.03. The number of anilines is 1. The first-order chi connectivity index (χ1) is 9.19. The zero-order valence-electron chi connectivity index (χ0n) is 11.8. The van der Waals surface area contributed by atoms with Gasteiger partial charge in [0.2, 0.25) is 0 Å². The van der Waals surface area contributed by atoms with Crippen LogP contribution in [0, 0.1) is 0 Å².